The van der Waals surface area contributed by atoms with Crippen molar-refractivity contribution in [3.8, 4) is 0 Å². The Balaban J connectivity index is 1.85. The Kier molecular flexibility index (Phi) is 4.16. The number of pyridine rings is 1. The lowest BCUT2D eigenvalue weighted by Crippen LogP contribution is -2.37. The van der Waals surface area contributed by atoms with Crippen LogP contribution in [0, 0.1) is 0 Å². The lowest BCUT2D eigenvalue weighted by molar-refractivity contribution is 0.0592. The minimum Gasteiger partial charge on any atom is -0.464 e. The molecule has 0 amide bonds. The lowest BCUT2D eigenvalue weighted by atomic mass is 9.93. The third-order valence-corrected chi connectivity index (χ3v) is 4.58. The van der Waals surface area contributed by atoms with Gasteiger partial charge in [0.1, 0.15) is 11.3 Å². The molecule has 3 heterocycles. The van der Waals surface area contributed by atoms with Crippen molar-refractivity contribution in [3.63, 3.8) is 0 Å². The number of aromatic nitrogens is 2. The van der Waals surface area contributed by atoms with Crippen molar-refractivity contribution in [2.45, 2.75) is 38.6 Å². The first-order chi connectivity index (χ1) is 10.6. The lowest BCUT2D eigenvalue weighted by Gasteiger charge is -2.33. The van der Waals surface area contributed by atoms with Gasteiger partial charge >= 0.3 is 5.97 Å². The highest BCUT2D eigenvalue weighted by Gasteiger charge is 2.24. The zero-order chi connectivity index (χ0) is 15.7. The molecule has 1 aliphatic heterocycles. The second-order valence-electron chi connectivity index (χ2n) is 6.20. The number of rotatable bonds is 3. The van der Waals surface area contributed by atoms with Crippen LogP contribution in [0.25, 0.3) is 5.65 Å². The van der Waals surface area contributed by atoms with Gasteiger partial charge in [-0.15, -0.1) is 0 Å². The molecule has 0 atom stereocenters. The summed E-state index contributed by atoms with van der Waals surface area (Å²) in [7, 11) is 1.40. The number of likely N-dealkylation sites (tertiary alicyclic amines) is 1. The van der Waals surface area contributed by atoms with Crippen LogP contribution in [-0.4, -0.2) is 46.5 Å². The summed E-state index contributed by atoms with van der Waals surface area (Å²) in [4.78, 5) is 19.1. The van der Waals surface area contributed by atoms with Gasteiger partial charge in [-0.25, -0.2) is 9.78 Å². The molecule has 22 heavy (non-hydrogen) atoms. The van der Waals surface area contributed by atoms with E-state index in [4.69, 9.17) is 9.72 Å². The number of esters is 1. The maximum absolute atomic E-state index is 11.9. The Hall–Kier alpha value is -1.88. The number of hydrogen-bond donors (Lipinski definition) is 0. The zero-order valence-corrected chi connectivity index (χ0v) is 13.5. The van der Waals surface area contributed by atoms with E-state index >= 15 is 0 Å². The summed E-state index contributed by atoms with van der Waals surface area (Å²) in [5, 5.41) is 0. The van der Waals surface area contributed by atoms with Gasteiger partial charge < -0.3 is 9.64 Å². The first-order valence-corrected chi connectivity index (χ1v) is 7.90. The molecule has 0 N–H and O–H groups in total. The second-order valence-corrected chi connectivity index (χ2v) is 6.20. The van der Waals surface area contributed by atoms with Gasteiger partial charge in [-0.2, -0.15) is 0 Å². The molecule has 5 heteroatoms. The summed E-state index contributed by atoms with van der Waals surface area (Å²) in [6.07, 6.45) is 4.24. The summed E-state index contributed by atoms with van der Waals surface area (Å²) in [5.41, 5.74) is 2.42. The molecular weight excluding hydrogens is 278 g/mol. The standard InChI is InChI=1S/C17H23N3O2/c1-12(2)19-9-7-13(8-10-19)14-11-20-15(17(21)22-3)5-4-6-16(20)18-14/h4-6,11-13H,7-10H2,1-3H3. The molecule has 3 rings (SSSR count). The van der Waals surface area contributed by atoms with Gasteiger partial charge in [0.15, 0.2) is 0 Å². The van der Waals surface area contributed by atoms with Crippen molar-refractivity contribution < 1.29 is 9.53 Å². The van der Waals surface area contributed by atoms with E-state index in [1.54, 1.807) is 6.07 Å². The molecule has 5 nitrogen and oxygen atoms in total. The van der Waals surface area contributed by atoms with E-state index in [0.29, 0.717) is 17.7 Å². The SMILES string of the molecule is COC(=O)c1cccc2nc(C3CCN(C(C)C)CC3)cn12. The topological polar surface area (TPSA) is 46.8 Å². The maximum Gasteiger partial charge on any atom is 0.355 e. The third-order valence-electron chi connectivity index (χ3n) is 4.58. The molecular formula is C17H23N3O2. The van der Waals surface area contributed by atoms with Gasteiger partial charge in [0.05, 0.1) is 12.8 Å². The van der Waals surface area contributed by atoms with Gasteiger partial charge in [-0.3, -0.25) is 4.40 Å². The number of piperidine rings is 1. The number of carbonyl (C=O) groups is 1. The Bertz CT molecular complexity index is 670. The van der Waals surface area contributed by atoms with Crippen LogP contribution in [-0.2, 0) is 4.74 Å². The van der Waals surface area contributed by atoms with Crippen LogP contribution in [0.3, 0.4) is 0 Å². The Labute approximate surface area is 130 Å². The summed E-state index contributed by atoms with van der Waals surface area (Å²) in [5.74, 6) is 0.143. The number of nitrogens with zero attached hydrogens (tertiary/aromatic N) is 3. The van der Waals surface area contributed by atoms with Crippen molar-refractivity contribution >= 4 is 11.6 Å². The first kappa shape index (κ1) is 15.0. The van der Waals surface area contributed by atoms with Gasteiger partial charge in [0.2, 0.25) is 0 Å². The van der Waals surface area contributed by atoms with E-state index in [1.165, 1.54) is 7.11 Å². The molecule has 0 aromatic carbocycles. The largest absolute Gasteiger partial charge is 0.464 e. The normalized spacial score (nSPS) is 17.3. The summed E-state index contributed by atoms with van der Waals surface area (Å²) in [6, 6.07) is 6.15. The fourth-order valence-electron chi connectivity index (χ4n) is 3.21. The molecule has 0 bridgehead atoms. The predicted octanol–water partition coefficient (Wildman–Crippen LogP) is 2.71. The quantitative estimate of drug-likeness (QED) is 0.818. The van der Waals surface area contributed by atoms with E-state index in [9.17, 15) is 4.79 Å². The molecule has 1 aliphatic rings. The van der Waals surface area contributed by atoms with Crippen LogP contribution in [0.15, 0.2) is 24.4 Å². The molecule has 1 fully saturated rings. The molecule has 0 unspecified atom stereocenters. The Morgan fingerprint density at radius 1 is 1.32 bits per heavy atom. The molecule has 0 saturated carbocycles. The smallest absolute Gasteiger partial charge is 0.355 e. The summed E-state index contributed by atoms with van der Waals surface area (Å²) in [6.45, 7) is 6.71. The average molecular weight is 301 g/mol. The highest BCUT2D eigenvalue weighted by atomic mass is 16.5. The zero-order valence-electron chi connectivity index (χ0n) is 13.5. The van der Waals surface area contributed by atoms with Crippen molar-refractivity contribution in [3.05, 3.63) is 35.8 Å². The fourth-order valence-corrected chi connectivity index (χ4v) is 3.21. The molecule has 1 saturated heterocycles. The first-order valence-electron chi connectivity index (χ1n) is 7.90. The van der Waals surface area contributed by atoms with Crippen LogP contribution in [0.2, 0.25) is 0 Å². The Morgan fingerprint density at radius 2 is 2.05 bits per heavy atom. The number of methoxy groups -OCH3 is 1. The number of fused-ring (bicyclic) bond motifs is 1. The fraction of sp³-hybridized carbons (Fsp3) is 0.529. The van der Waals surface area contributed by atoms with E-state index in [2.05, 4.69) is 18.7 Å². The minimum atomic E-state index is -0.329. The molecule has 0 aliphatic carbocycles. The van der Waals surface area contributed by atoms with Crippen molar-refractivity contribution in [1.82, 2.24) is 14.3 Å². The molecule has 2 aromatic rings. The van der Waals surface area contributed by atoms with E-state index in [-0.39, 0.29) is 5.97 Å². The van der Waals surface area contributed by atoms with Gasteiger partial charge in [0, 0.05) is 18.2 Å². The van der Waals surface area contributed by atoms with Crippen LogP contribution in [0.4, 0.5) is 0 Å². The highest BCUT2D eigenvalue weighted by molar-refractivity contribution is 5.88. The number of hydrogen-bond acceptors (Lipinski definition) is 4. The van der Waals surface area contributed by atoms with Gasteiger partial charge in [-0.1, -0.05) is 6.07 Å². The predicted molar refractivity (Wildman–Crippen MR) is 85.2 cm³/mol. The molecule has 2 aromatic heterocycles. The summed E-state index contributed by atoms with van der Waals surface area (Å²) < 4.78 is 6.69. The molecule has 118 valence electrons. The monoisotopic (exact) mass is 301 g/mol. The van der Waals surface area contributed by atoms with E-state index in [0.717, 1.165) is 37.3 Å². The van der Waals surface area contributed by atoms with E-state index < -0.39 is 0 Å². The highest BCUT2D eigenvalue weighted by Crippen LogP contribution is 2.28. The van der Waals surface area contributed by atoms with Crippen LogP contribution >= 0.6 is 0 Å². The Morgan fingerprint density at radius 3 is 2.68 bits per heavy atom. The molecule has 0 radical (unpaired) electrons. The number of imidazole rings is 1. The van der Waals surface area contributed by atoms with Crippen molar-refractivity contribution in [1.29, 1.82) is 0 Å². The number of carbonyl (C=O) groups excluding carboxylic acids is 1. The third kappa shape index (κ3) is 2.73. The van der Waals surface area contributed by atoms with Crippen LogP contribution in [0.1, 0.15) is 48.8 Å². The minimum absolute atomic E-state index is 0.329. The average Bonchev–Trinajstić information content (AvgIpc) is 2.98. The number of ether oxygens (including phenoxy) is 1. The summed E-state index contributed by atoms with van der Waals surface area (Å²) >= 11 is 0. The molecule has 0 spiro atoms. The van der Waals surface area contributed by atoms with E-state index in [1.807, 2.05) is 22.7 Å². The van der Waals surface area contributed by atoms with Gasteiger partial charge in [-0.05, 0) is 51.9 Å². The van der Waals surface area contributed by atoms with Crippen molar-refractivity contribution in [2.75, 3.05) is 20.2 Å². The van der Waals surface area contributed by atoms with Crippen LogP contribution < -0.4 is 0 Å². The van der Waals surface area contributed by atoms with Crippen molar-refractivity contribution in [2.24, 2.45) is 0 Å². The van der Waals surface area contributed by atoms with Gasteiger partial charge in [0.25, 0.3) is 0 Å². The van der Waals surface area contributed by atoms with Crippen LogP contribution in [0.5, 0.6) is 0 Å². The second kappa shape index (κ2) is 6.08. The maximum atomic E-state index is 11.9.